The average molecular weight is 572 g/mol. The van der Waals surface area contributed by atoms with E-state index < -0.39 is 19.8 Å². The number of nitrogens with two attached hydrogens (primary N) is 1. The number of aromatic nitrogens is 4. The summed E-state index contributed by atoms with van der Waals surface area (Å²) in [6.07, 6.45) is 1.61. The molecule has 5 rings (SSSR count). The van der Waals surface area contributed by atoms with Crippen LogP contribution in [0.25, 0.3) is 22.5 Å². The number of imidazole rings is 1. The molecule has 202 valence electrons. The second-order valence-corrected chi connectivity index (χ2v) is 10.1. The minimum absolute atomic E-state index is 0.00211. The van der Waals surface area contributed by atoms with Gasteiger partial charge in [-0.2, -0.15) is 4.98 Å². The Hall–Kier alpha value is -3.80. The molecule has 0 spiro atoms. The van der Waals surface area contributed by atoms with Crippen molar-refractivity contribution in [2.24, 2.45) is 0 Å². The van der Waals surface area contributed by atoms with Crippen LogP contribution in [0.4, 0.5) is 5.95 Å². The average Bonchev–Trinajstić information content (AvgIpc) is 3.51. The fraction of sp³-hybridized carbons (Fsp3) is 0.200. The number of H-pyrrole nitrogens is 1. The predicted molar refractivity (Wildman–Crippen MR) is 144 cm³/mol. The summed E-state index contributed by atoms with van der Waals surface area (Å²) in [5.74, 6) is -0.292. The number of nitrogens with zero attached hydrogens (tertiary/aromatic N) is 3. The van der Waals surface area contributed by atoms with Gasteiger partial charge < -0.3 is 32.9 Å². The molecule has 0 aliphatic carbocycles. The van der Waals surface area contributed by atoms with Crippen molar-refractivity contribution < 1.29 is 22.6 Å². The van der Waals surface area contributed by atoms with E-state index in [0.717, 1.165) is 5.56 Å². The molecule has 3 aromatic heterocycles. The summed E-state index contributed by atoms with van der Waals surface area (Å²) in [5, 5.41) is 0.589. The lowest BCUT2D eigenvalue weighted by Gasteiger charge is -2.17. The third-order valence-corrected chi connectivity index (χ3v) is 6.91. The number of nitrogens with one attached hydrogen (secondary N) is 1. The molecular weight excluding hydrogens is 549 g/mol. The Morgan fingerprint density at radius 1 is 1.05 bits per heavy atom. The molecule has 0 bridgehead atoms. The van der Waals surface area contributed by atoms with E-state index in [1.54, 1.807) is 28.8 Å². The molecule has 39 heavy (non-hydrogen) atoms. The zero-order valence-electron chi connectivity index (χ0n) is 20.4. The Balaban J connectivity index is 1.24. The third kappa shape index (κ3) is 6.80. The molecule has 0 radical (unpaired) electrons. The zero-order valence-corrected chi connectivity index (χ0v) is 22.1. The van der Waals surface area contributed by atoms with Crippen LogP contribution in [0, 0.1) is 0 Å². The largest absolute Gasteiger partial charge is 0.519 e. The molecule has 3 heterocycles. The molecule has 0 fully saturated rings. The van der Waals surface area contributed by atoms with Gasteiger partial charge in [-0.25, -0.2) is 9.78 Å². The van der Waals surface area contributed by atoms with Crippen molar-refractivity contribution in [1.29, 1.82) is 0 Å². The third-order valence-electron chi connectivity index (χ3n) is 5.45. The Kier molecular flexibility index (Phi) is 8.50. The van der Waals surface area contributed by atoms with Gasteiger partial charge in [-0.3, -0.25) is 9.78 Å². The fourth-order valence-corrected chi connectivity index (χ4v) is 4.93. The summed E-state index contributed by atoms with van der Waals surface area (Å²) in [7, 11) is -1.59. The van der Waals surface area contributed by atoms with Gasteiger partial charge in [0.15, 0.2) is 31.1 Å². The van der Waals surface area contributed by atoms with Gasteiger partial charge in [0.05, 0.1) is 19.5 Å². The maximum atomic E-state index is 12.0. The first-order valence-corrected chi connectivity index (χ1v) is 13.4. The van der Waals surface area contributed by atoms with E-state index in [9.17, 15) is 9.59 Å². The molecule has 0 aliphatic heterocycles. The van der Waals surface area contributed by atoms with Crippen LogP contribution in [0.2, 0.25) is 5.02 Å². The smallest absolute Gasteiger partial charge is 0.393 e. The summed E-state index contributed by atoms with van der Waals surface area (Å²) in [4.78, 5) is 34.5. The number of ether oxygens (including phenoxy) is 1. The molecular formula is C25H23ClN5O7P. The van der Waals surface area contributed by atoms with Crippen molar-refractivity contribution in [2.45, 2.75) is 19.8 Å². The summed E-state index contributed by atoms with van der Waals surface area (Å²) in [6, 6.07) is 16.4. The summed E-state index contributed by atoms with van der Waals surface area (Å²) < 4.78 is 30.0. The normalized spacial score (nSPS) is 12.2. The van der Waals surface area contributed by atoms with Gasteiger partial charge in [-0.05, 0) is 17.7 Å². The summed E-state index contributed by atoms with van der Waals surface area (Å²) >= 11 is 6.09. The molecule has 12 nitrogen and oxygen atoms in total. The lowest BCUT2D eigenvalue weighted by molar-refractivity contribution is 0.136. The number of aromatic amines is 1. The van der Waals surface area contributed by atoms with E-state index in [4.69, 9.17) is 40.0 Å². The van der Waals surface area contributed by atoms with Crippen LogP contribution >= 0.6 is 20.0 Å². The van der Waals surface area contributed by atoms with E-state index in [-0.39, 0.29) is 43.4 Å². The Labute approximate surface area is 227 Å². The van der Waals surface area contributed by atoms with E-state index >= 15 is 0 Å². The number of hydrogen-bond acceptors (Lipinski definition) is 10. The Morgan fingerprint density at radius 2 is 1.87 bits per heavy atom. The van der Waals surface area contributed by atoms with Gasteiger partial charge in [-0.15, -0.1) is 0 Å². The van der Waals surface area contributed by atoms with Gasteiger partial charge >= 0.3 is 5.82 Å². The number of rotatable bonds is 12. The van der Waals surface area contributed by atoms with Crippen LogP contribution in [-0.2, 0) is 33.5 Å². The van der Waals surface area contributed by atoms with Gasteiger partial charge in [0.2, 0.25) is 5.95 Å². The maximum absolute atomic E-state index is 12.0. The van der Waals surface area contributed by atoms with Gasteiger partial charge in [0.1, 0.15) is 13.0 Å². The van der Waals surface area contributed by atoms with Gasteiger partial charge in [-0.1, -0.05) is 54.1 Å². The van der Waals surface area contributed by atoms with Crippen LogP contribution in [0.1, 0.15) is 11.3 Å². The van der Waals surface area contributed by atoms with Crippen LogP contribution < -0.4 is 17.1 Å². The van der Waals surface area contributed by atoms with Gasteiger partial charge in [0.25, 0.3) is 5.56 Å². The highest BCUT2D eigenvalue weighted by Gasteiger charge is 2.19. The van der Waals surface area contributed by atoms with E-state index in [1.165, 1.54) is 6.33 Å². The first-order chi connectivity index (χ1) is 19.0. The highest BCUT2D eigenvalue weighted by Crippen LogP contribution is 2.41. The quantitative estimate of drug-likeness (QED) is 0.163. The number of benzene rings is 2. The first kappa shape index (κ1) is 26.8. The number of fused-ring (bicyclic) bond motifs is 1. The SMILES string of the molecule is Nc1nc2c(ncn2CCOCP(OCc2cccc(Cl)c2)OCc2oc(=O)oc2-c2ccccc2)c(=O)[nH]1. The summed E-state index contributed by atoms with van der Waals surface area (Å²) in [6.45, 7) is 0.768. The minimum atomic E-state index is -1.59. The number of anilines is 1. The van der Waals surface area contributed by atoms with Crippen LogP contribution in [-0.4, -0.2) is 32.5 Å². The monoisotopic (exact) mass is 571 g/mol. The molecule has 1 unspecified atom stereocenters. The number of hydrogen-bond donors (Lipinski definition) is 2. The van der Waals surface area contributed by atoms with Crippen molar-refractivity contribution in [3.63, 3.8) is 0 Å². The van der Waals surface area contributed by atoms with Crippen LogP contribution in [0.5, 0.6) is 0 Å². The zero-order chi connectivity index (χ0) is 27.2. The van der Waals surface area contributed by atoms with Crippen LogP contribution in [0.15, 0.2) is 79.3 Å². The highest BCUT2D eigenvalue weighted by molar-refractivity contribution is 7.46. The molecule has 0 saturated heterocycles. The van der Waals surface area contributed by atoms with E-state index in [2.05, 4.69) is 15.0 Å². The number of nitrogen functional groups attached to an aromatic ring is 1. The minimum Gasteiger partial charge on any atom is -0.393 e. The van der Waals surface area contributed by atoms with Crippen molar-refractivity contribution in [1.82, 2.24) is 19.5 Å². The predicted octanol–water partition coefficient (Wildman–Crippen LogP) is 4.29. The van der Waals surface area contributed by atoms with Crippen molar-refractivity contribution in [2.75, 3.05) is 18.7 Å². The van der Waals surface area contributed by atoms with E-state index in [1.807, 2.05) is 30.3 Å². The van der Waals surface area contributed by atoms with Crippen molar-refractivity contribution in [3.05, 3.63) is 98.2 Å². The second-order valence-electron chi connectivity index (χ2n) is 8.18. The molecule has 3 N–H and O–H groups in total. The molecule has 0 aliphatic rings. The maximum Gasteiger partial charge on any atom is 0.519 e. The lowest BCUT2D eigenvalue weighted by Crippen LogP contribution is -2.13. The van der Waals surface area contributed by atoms with Gasteiger partial charge in [0, 0.05) is 17.1 Å². The number of halogens is 1. The van der Waals surface area contributed by atoms with Crippen molar-refractivity contribution in [3.8, 4) is 11.3 Å². The topological polar surface area (TPSA) is 161 Å². The van der Waals surface area contributed by atoms with Crippen LogP contribution in [0.3, 0.4) is 0 Å². The van der Waals surface area contributed by atoms with Crippen molar-refractivity contribution >= 4 is 37.1 Å². The molecule has 14 heteroatoms. The van der Waals surface area contributed by atoms with E-state index in [0.29, 0.717) is 28.5 Å². The second kappa shape index (κ2) is 12.4. The standard InChI is InChI=1S/C25H23ClN5O7P/c26-18-8-4-5-16(11-18)12-35-39(36-13-19-21(38-25(33)37-19)17-6-2-1-3-7-17)15-34-10-9-31-14-28-20-22(31)29-24(27)30-23(20)32/h1-8,11,14H,9-10,12-13,15H2,(H3,27,29,30,32). The fourth-order valence-electron chi connectivity index (χ4n) is 3.66. The first-order valence-electron chi connectivity index (χ1n) is 11.7. The molecule has 0 saturated carbocycles. The Morgan fingerprint density at radius 3 is 2.69 bits per heavy atom. The highest BCUT2D eigenvalue weighted by atomic mass is 35.5. The lowest BCUT2D eigenvalue weighted by atomic mass is 10.1. The molecule has 1 atom stereocenters. The summed E-state index contributed by atoms with van der Waals surface area (Å²) in [5.41, 5.74) is 7.34. The Bertz CT molecular complexity index is 1670. The molecule has 2 aromatic carbocycles. The molecule has 5 aromatic rings. The molecule has 0 amide bonds.